The predicted octanol–water partition coefficient (Wildman–Crippen LogP) is 3.47. The summed E-state index contributed by atoms with van der Waals surface area (Å²) in [5, 5.41) is 0. The Morgan fingerprint density at radius 3 is 2.36 bits per heavy atom. The molecule has 0 aliphatic heterocycles. The number of carbonyl (C=O) groups excluding carboxylic acids is 1. The maximum absolute atomic E-state index is 10.4. The van der Waals surface area contributed by atoms with E-state index >= 15 is 0 Å². The summed E-state index contributed by atoms with van der Waals surface area (Å²) in [6.07, 6.45) is 11.4. The molecule has 0 fully saturated rings. The first kappa shape index (κ1) is 13.2. The van der Waals surface area contributed by atoms with Crippen molar-refractivity contribution in [3.05, 3.63) is 12.2 Å². The van der Waals surface area contributed by atoms with Gasteiger partial charge in [0.1, 0.15) is 0 Å². The molecule has 0 aliphatic rings. The van der Waals surface area contributed by atoms with Gasteiger partial charge in [0.2, 0.25) is 0 Å². The van der Waals surface area contributed by atoms with Crippen molar-refractivity contribution in [2.45, 2.75) is 52.4 Å². The van der Waals surface area contributed by atoms with Crippen molar-refractivity contribution < 1.29 is 9.53 Å². The third-order valence-electron chi connectivity index (χ3n) is 1.96. The Labute approximate surface area is 87.3 Å². The zero-order chi connectivity index (χ0) is 10.6. The number of carbonyl (C=O) groups is 1. The van der Waals surface area contributed by atoms with Crippen LogP contribution in [0.3, 0.4) is 0 Å². The fourth-order valence-electron chi connectivity index (χ4n) is 1.16. The van der Waals surface area contributed by atoms with Crippen molar-refractivity contribution in [1.82, 2.24) is 0 Å². The second kappa shape index (κ2) is 10.3. The second-order valence-electron chi connectivity index (χ2n) is 3.45. The Morgan fingerprint density at radius 2 is 1.79 bits per heavy atom. The van der Waals surface area contributed by atoms with E-state index in [9.17, 15) is 4.79 Å². The second-order valence-corrected chi connectivity index (χ2v) is 3.45. The highest BCUT2D eigenvalue weighted by Crippen LogP contribution is 2.01. The van der Waals surface area contributed by atoms with E-state index in [1.807, 2.05) is 0 Å². The lowest BCUT2D eigenvalue weighted by Crippen LogP contribution is -1.99. The third kappa shape index (κ3) is 11.2. The van der Waals surface area contributed by atoms with E-state index in [0.29, 0.717) is 6.61 Å². The van der Waals surface area contributed by atoms with Gasteiger partial charge >= 0.3 is 5.97 Å². The molecule has 0 saturated carbocycles. The van der Waals surface area contributed by atoms with E-state index in [0.717, 1.165) is 12.8 Å². The molecule has 0 aromatic heterocycles. The van der Waals surface area contributed by atoms with Crippen LogP contribution in [0.15, 0.2) is 12.2 Å². The van der Waals surface area contributed by atoms with Crippen molar-refractivity contribution in [2.75, 3.05) is 6.61 Å². The maximum atomic E-state index is 10.4. The van der Waals surface area contributed by atoms with Crippen LogP contribution in [0.4, 0.5) is 0 Å². The minimum absolute atomic E-state index is 0.183. The Kier molecular flexibility index (Phi) is 9.71. The Hall–Kier alpha value is -0.790. The number of esters is 1. The molecule has 14 heavy (non-hydrogen) atoms. The van der Waals surface area contributed by atoms with Gasteiger partial charge in [0, 0.05) is 6.92 Å². The summed E-state index contributed by atoms with van der Waals surface area (Å²) in [5.74, 6) is -0.183. The van der Waals surface area contributed by atoms with Crippen molar-refractivity contribution in [3.63, 3.8) is 0 Å². The highest BCUT2D eigenvalue weighted by Gasteiger charge is 1.90. The molecule has 0 aromatic rings. The van der Waals surface area contributed by atoms with E-state index in [4.69, 9.17) is 4.74 Å². The SMILES string of the molecule is CCCCC/C=C/CCCOC(C)=O. The van der Waals surface area contributed by atoms with Crippen LogP contribution in [-0.4, -0.2) is 12.6 Å². The predicted molar refractivity (Wildman–Crippen MR) is 59.1 cm³/mol. The Morgan fingerprint density at radius 1 is 1.14 bits per heavy atom. The number of hydrogen-bond acceptors (Lipinski definition) is 2. The summed E-state index contributed by atoms with van der Waals surface area (Å²) >= 11 is 0. The summed E-state index contributed by atoms with van der Waals surface area (Å²) in [6, 6.07) is 0. The molecule has 0 heterocycles. The number of rotatable bonds is 8. The maximum Gasteiger partial charge on any atom is 0.302 e. The summed E-state index contributed by atoms with van der Waals surface area (Å²) in [7, 11) is 0. The third-order valence-corrected chi connectivity index (χ3v) is 1.96. The number of unbranched alkanes of at least 4 members (excludes halogenated alkanes) is 4. The first-order valence-electron chi connectivity index (χ1n) is 5.55. The molecule has 0 aliphatic carbocycles. The van der Waals surface area contributed by atoms with E-state index in [2.05, 4.69) is 19.1 Å². The monoisotopic (exact) mass is 198 g/mol. The molecule has 0 atom stereocenters. The van der Waals surface area contributed by atoms with Crippen molar-refractivity contribution >= 4 is 5.97 Å². The number of ether oxygens (including phenoxy) is 1. The summed E-state index contributed by atoms with van der Waals surface area (Å²) < 4.78 is 4.81. The molecule has 0 saturated heterocycles. The minimum Gasteiger partial charge on any atom is -0.466 e. The average Bonchev–Trinajstić information content (AvgIpc) is 2.15. The molecule has 0 radical (unpaired) electrons. The van der Waals surface area contributed by atoms with Gasteiger partial charge in [0.15, 0.2) is 0 Å². The Balaban J connectivity index is 3.07. The Bertz CT molecular complexity index is 162. The lowest BCUT2D eigenvalue weighted by Gasteiger charge is -1.98. The minimum atomic E-state index is -0.183. The average molecular weight is 198 g/mol. The standard InChI is InChI=1S/C12H22O2/c1-3-4-5-6-7-8-9-10-11-14-12(2)13/h7-8H,3-6,9-11H2,1-2H3/b8-7+. The molecule has 0 N–H and O–H groups in total. The highest BCUT2D eigenvalue weighted by atomic mass is 16.5. The molecule has 2 nitrogen and oxygen atoms in total. The molecule has 0 bridgehead atoms. The van der Waals surface area contributed by atoms with E-state index < -0.39 is 0 Å². The highest BCUT2D eigenvalue weighted by molar-refractivity contribution is 5.65. The molecular weight excluding hydrogens is 176 g/mol. The number of allylic oxidation sites excluding steroid dienone is 2. The fourth-order valence-corrected chi connectivity index (χ4v) is 1.16. The van der Waals surface area contributed by atoms with Crippen molar-refractivity contribution in [2.24, 2.45) is 0 Å². The van der Waals surface area contributed by atoms with Gasteiger partial charge in [-0.3, -0.25) is 4.79 Å². The van der Waals surface area contributed by atoms with E-state index in [1.54, 1.807) is 0 Å². The normalized spacial score (nSPS) is 10.7. The van der Waals surface area contributed by atoms with Gasteiger partial charge in [-0.25, -0.2) is 0 Å². The van der Waals surface area contributed by atoms with Gasteiger partial charge in [-0.15, -0.1) is 0 Å². The lowest BCUT2D eigenvalue weighted by atomic mass is 10.2. The van der Waals surface area contributed by atoms with Crippen molar-refractivity contribution in [3.8, 4) is 0 Å². The smallest absolute Gasteiger partial charge is 0.302 e. The van der Waals surface area contributed by atoms with Crippen LogP contribution in [0.1, 0.15) is 52.4 Å². The van der Waals surface area contributed by atoms with E-state index in [1.165, 1.54) is 32.6 Å². The zero-order valence-electron chi connectivity index (χ0n) is 9.42. The van der Waals surface area contributed by atoms with E-state index in [-0.39, 0.29) is 5.97 Å². The zero-order valence-corrected chi connectivity index (χ0v) is 9.42. The number of hydrogen-bond donors (Lipinski definition) is 0. The summed E-state index contributed by atoms with van der Waals surface area (Å²) in [6.45, 7) is 4.21. The lowest BCUT2D eigenvalue weighted by molar-refractivity contribution is -0.141. The molecular formula is C12H22O2. The van der Waals surface area contributed by atoms with Crippen molar-refractivity contribution in [1.29, 1.82) is 0 Å². The molecule has 0 aromatic carbocycles. The molecule has 82 valence electrons. The molecule has 0 unspecified atom stereocenters. The molecule has 0 spiro atoms. The van der Waals surface area contributed by atoms with Crippen LogP contribution in [0.2, 0.25) is 0 Å². The van der Waals surface area contributed by atoms with Gasteiger partial charge in [0.05, 0.1) is 6.61 Å². The van der Waals surface area contributed by atoms with Crippen LogP contribution in [0.25, 0.3) is 0 Å². The quantitative estimate of drug-likeness (QED) is 0.339. The van der Waals surface area contributed by atoms with Gasteiger partial charge in [0.25, 0.3) is 0 Å². The first-order valence-corrected chi connectivity index (χ1v) is 5.55. The molecule has 0 amide bonds. The van der Waals surface area contributed by atoms with Gasteiger partial charge < -0.3 is 4.74 Å². The largest absolute Gasteiger partial charge is 0.466 e. The van der Waals surface area contributed by atoms with Crippen LogP contribution >= 0.6 is 0 Å². The topological polar surface area (TPSA) is 26.3 Å². The van der Waals surface area contributed by atoms with Crippen LogP contribution in [0, 0.1) is 0 Å². The van der Waals surface area contributed by atoms with Gasteiger partial charge in [-0.2, -0.15) is 0 Å². The summed E-state index contributed by atoms with van der Waals surface area (Å²) in [5.41, 5.74) is 0. The molecule has 2 heteroatoms. The first-order chi connectivity index (χ1) is 6.77. The summed E-state index contributed by atoms with van der Waals surface area (Å²) in [4.78, 5) is 10.4. The van der Waals surface area contributed by atoms with Crippen LogP contribution in [-0.2, 0) is 9.53 Å². The van der Waals surface area contributed by atoms with Crippen LogP contribution < -0.4 is 0 Å². The van der Waals surface area contributed by atoms with Gasteiger partial charge in [-0.1, -0.05) is 31.9 Å². The van der Waals surface area contributed by atoms with Crippen LogP contribution in [0.5, 0.6) is 0 Å². The van der Waals surface area contributed by atoms with Gasteiger partial charge in [-0.05, 0) is 25.7 Å². The fraction of sp³-hybridized carbons (Fsp3) is 0.750. The molecule has 0 rings (SSSR count).